The van der Waals surface area contributed by atoms with Gasteiger partial charge in [-0.2, -0.15) is 0 Å². The quantitative estimate of drug-likeness (QED) is 0.0380. The maximum Gasteiger partial charge on any atom is 0.500 e. The summed E-state index contributed by atoms with van der Waals surface area (Å²) in [6, 6.07) is 5.66. The molecule has 2 amide bonds. The maximum atomic E-state index is 11.6. The molecule has 24 heteroatoms. The van der Waals surface area contributed by atoms with E-state index < -0.39 is 51.4 Å². The van der Waals surface area contributed by atoms with Gasteiger partial charge in [0.25, 0.3) is 0 Å². The second-order valence-corrected chi connectivity index (χ2v) is 39.4. The third-order valence-corrected chi connectivity index (χ3v) is 27.5. The molecule has 0 radical (unpaired) electrons. The van der Waals surface area contributed by atoms with E-state index in [-0.39, 0.29) is 6.03 Å². The minimum atomic E-state index is -2.53. The summed E-state index contributed by atoms with van der Waals surface area (Å²) >= 11 is 0. The van der Waals surface area contributed by atoms with Crippen molar-refractivity contribution in [3.8, 4) is 0 Å². The van der Waals surface area contributed by atoms with Crippen molar-refractivity contribution in [3.05, 3.63) is 0 Å². The van der Waals surface area contributed by atoms with Crippen LogP contribution in [0.1, 0.15) is 38.5 Å². The summed E-state index contributed by atoms with van der Waals surface area (Å²) in [5.41, 5.74) is 0. The van der Waals surface area contributed by atoms with Gasteiger partial charge in [0.2, 0.25) is 0 Å². The van der Waals surface area contributed by atoms with E-state index in [0.29, 0.717) is 19.1 Å². The second-order valence-electron chi connectivity index (χ2n) is 16.8. The summed E-state index contributed by atoms with van der Waals surface area (Å²) in [6.07, 6.45) is 6.06. The summed E-state index contributed by atoms with van der Waals surface area (Å²) in [7, 11) is 8.54. The van der Waals surface area contributed by atoms with Gasteiger partial charge in [-0.3, -0.25) is 0 Å². The highest BCUT2D eigenvalue weighted by molar-refractivity contribution is 6.71. The number of amides is 2. The van der Waals surface area contributed by atoms with Crippen molar-refractivity contribution < 1.29 is 57.9 Å². The number of carbonyl (C=O) groups is 1. The van der Waals surface area contributed by atoms with Gasteiger partial charge in [-0.15, -0.1) is 0 Å². The molecule has 0 spiro atoms. The molecule has 0 aliphatic carbocycles. The average Bonchev–Trinajstić information content (AvgIpc) is 3.29. The Labute approximate surface area is 392 Å². The van der Waals surface area contributed by atoms with Crippen molar-refractivity contribution in [1.82, 2.24) is 26.6 Å². The van der Waals surface area contributed by atoms with Crippen LogP contribution in [-0.4, -0.2) is 195 Å². The van der Waals surface area contributed by atoms with E-state index in [2.05, 4.69) is 65.9 Å². The number of hydrogen-bond acceptors (Lipinski definition) is 16. The molecular weight excluding hydrogens is 915 g/mol. The SMILES string of the molecule is CO[Si](C)(C)CCCNC(=O)NCCC[Si](OC)(OC)OC.CO[Si](C)(C)CCCNCCC[Si](OC)(OC)OC.CO[Si](C)(C)CCCNCCNCCC[Si](OC)(OC)OC. The minimum absolute atomic E-state index is 0.142. The lowest BCUT2D eigenvalue weighted by molar-refractivity contribution is 0.122. The molecule has 0 atom stereocenters. The summed E-state index contributed by atoms with van der Waals surface area (Å²) in [6.45, 7) is 20.6. The standard InChI is InChI=1S/C14H36N2O4Si2.C13H32N2O5Si2.C12H31NO4Si2/c1-17-21(5,6)13-7-9-15-11-12-16-10-8-14-22(18-2,19-3)20-4;1-17-21(5,6)11-7-9-14-13(16)15-10-8-12-22(18-2,19-3)20-4;1-14-18(5,6)11-7-9-13-10-8-12-19(15-2,16-3)17-4/h15-16H,7-14H2,1-6H3;7-12H2,1-6H3,(H2,14,15,16);13H,7-12H2,1-6H3. The largest absolute Gasteiger partial charge is 0.500 e. The topological polar surface area (TPSA) is 188 Å². The van der Waals surface area contributed by atoms with Gasteiger partial charge in [-0.25, -0.2) is 4.79 Å². The molecule has 0 bridgehead atoms. The monoisotopic (exact) mass is 1010 g/mol. The van der Waals surface area contributed by atoms with Crippen molar-refractivity contribution in [2.45, 2.75) is 114 Å². The third-order valence-electron chi connectivity index (χ3n) is 11.1. The molecule has 0 aromatic carbocycles. The molecule has 0 aromatic heterocycles. The highest BCUT2D eigenvalue weighted by Gasteiger charge is 2.38. The first kappa shape index (κ1) is 67.2. The van der Waals surface area contributed by atoms with Gasteiger partial charge in [0.05, 0.1) is 0 Å². The molecule has 0 rings (SSSR count). The lowest BCUT2D eigenvalue weighted by Gasteiger charge is -2.24. The first-order valence-corrected chi connectivity index (χ1v) is 37.6. The van der Waals surface area contributed by atoms with Gasteiger partial charge >= 0.3 is 32.4 Å². The predicted octanol–water partition coefficient (Wildman–Crippen LogP) is 5.56. The summed E-state index contributed by atoms with van der Waals surface area (Å²) in [5, 5.41) is 16.0. The third kappa shape index (κ3) is 35.7. The van der Waals surface area contributed by atoms with Crippen LogP contribution in [0.2, 0.25) is 75.5 Å². The smallest absolute Gasteiger partial charge is 0.420 e. The fraction of sp³-hybridized carbons (Fsp3) is 0.974. The van der Waals surface area contributed by atoms with Crippen molar-refractivity contribution in [1.29, 1.82) is 0 Å². The molecule has 0 aromatic rings. The van der Waals surface area contributed by atoms with Crippen LogP contribution in [-0.2, 0) is 53.1 Å². The minimum Gasteiger partial charge on any atom is -0.420 e. The van der Waals surface area contributed by atoms with Crippen LogP contribution < -0.4 is 26.6 Å². The Kier molecular flexibility index (Phi) is 42.6. The molecule has 63 heavy (non-hydrogen) atoms. The van der Waals surface area contributed by atoms with E-state index in [1.807, 2.05) is 14.2 Å². The Morgan fingerprint density at radius 1 is 0.302 bits per heavy atom. The zero-order chi connectivity index (χ0) is 48.7. The molecule has 0 saturated heterocycles. The van der Waals surface area contributed by atoms with E-state index in [0.717, 1.165) is 83.1 Å². The Morgan fingerprint density at radius 3 is 0.746 bits per heavy atom. The van der Waals surface area contributed by atoms with Gasteiger partial charge < -0.3 is 79.7 Å². The Morgan fingerprint density at radius 2 is 0.508 bits per heavy atom. The number of nitrogens with one attached hydrogen (secondary N) is 5. The summed E-state index contributed by atoms with van der Waals surface area (Å²) in [4.78, 5) is 11.6. The Hall–Kier alpha value is -0.0287. The van der Waals surface area contributed by atoms with Gasteiger partial charge in [-0.05, 0) is 122 Å². The van der Waals surface area contributed by atoms with Crippen LogP contribution in [0.5, 0.6) is 0 Å². The molecule has 0 aliphatic heterocycles. The highest BCUT2D eigenvalue weighted by Crippen LogP contribution is 2.17. The van der Waals surface area contributed by atoms with Gasteiger partial charge in [-0.1, -0.05) is 0 Å². The zero-order valence-corrected chi connectivity index (χ0v) is 49.4. The van der Waals surface area contributed by atoms with E-state index in [1.54, 1.807) is 71.1 Å². The van der Waals surface area contributed by atoms with Crippen LogP contribution in [0.4, 0.5) is 4.79 Å². The fourth-order valence-electron chi connectivity index (χ4n) is 5.95. The van der Waals surface area contributed by atoms with Gasteiger partial charge in [0.1, 0.15) is 0 Å². The Bertz CT molecular complexity index is 1030. The molecule has 0 unspecified atom stereocenters. The molecule has 0 saturated carbocycles. The lowest BCUT2D eigenvalue weighted by atomic mass is 10.4. The molecular formula is C39H99N5O13Si6. The second kappa shape index (κ2) is 39.9. The van der Waals surface area contributed by atoms with Crippen molar-refractivity contribution in [2.24, 2.45) is 0 Å². The van der Waals surface area contributed by atoms with Crippen LogP contribution in [0.3, 0.4) is 0 Å². The van der Waals surface area contributed by atoms with E-state index in [1.165, 1.54) is 24.9 Å². The highest BCUT2D eigenvalue weighted by atomic mass is 28.4. The number of urea groups is 1. The zero-order valence-electron chi connectivity index (χ0n) is 43.4. The fourth-order valence-corrected chi connectivity index (χ4v) is 14.8. The van der Waals surface area contributed by atoms with Crippen molar-refractivity contribution in [2.75, 3.05) is 138 Å². The predicted molar refractivity (Wildman–Crippen MR) is 270 cm³/mol. The summed E-state index contributed by atoms with van der Waals surface area (Å²) in [5.74, 6) is 0. The van der Waals surface area contributed by atoms with E-state index in [4.69, 9.17) is 53.1 Å². The number of rotatable bonds is 39. The van der Waals surface area contributed by atoms with Crippen LogP contribution in [0.25, 0.3) is 0 Å². The summed E-state index contributed by atoms with van der Waals surface area (Å²) < 4.78 is 64.8. The van der Waals surface area contributed by atoms with Crippen LogP contribution >= 0.6 is 0 Å². The molecule has 0 heterocycles. The normalized spacial score (nSPS) is 12.7. The molecule has 382 valence electrons. The van der Waals surface area contributed by atoms with Gasteiger partial charge in [0, 0.05) is 130 Å². The lowest BCUT2D eigenvalue weighted by Crippen LogP contribution is -2.44. The molecule has 0 aliphatic rings. The van der Waals surface area contributed by atoms with E-state index >= 15 is 0 Å². The number of carbonyl (C=O) groups excluding carboxylic acids is 1. The van der Waals surface area contributed by atoms with Crippen molar-refractivity contribution in [3.63, 3.8) is 0 Å². The van der Waals surface area contributed by atoms with Crippen LogP contribution in [0, 0.1) is 0 Å². The average molecular weight is 1010 g/mol. The van der Waals surface area contributed by atoms with Gasteiger partial charge in [0.15, 0.2) is 25.0 Å². The number of hydrogen-bond donors (Lipinski definition) is 5. The molecule has 0 fully saturated rings. The Balaban J connectivity index is -0.000000860. The van der Waals surface area contributed by atoms with Crippen LogP contribution in [0.15, 0.2) is 0 Å². The maximum absolute atomic E-state index is 11.6. The molecule has 18 nitrogen and oxygen atoms in total. The first-order valence-electron chi connectivity index (χ1n) is 22.5. The van der Waals surface area contributed by atoms with E-state index in [9.17, 15) is 4.79 Å². The molecule has 5 N–H and O–H groups in total. The van der Waals surface area contributed by atoms with Crippen molar-refractivity contribution >= 4 is 57.4 Å². The first-order chi connectivity index (χ1) is 29.7.